The van der Waals surface area contributed by atoms with E-state index in [0.717, 1.165) is 30.5 Å². The van der Waals surface area contributed by atoms with Crippen molar-refractivity contribution < 1.29 is 42.6 Å². The maximum Gasteiger partial charge on any atom is 0.399 e. The van der Waals surface area contributed by atoms with Crippen molar-refractivity contribution in [2.75, 3.05) is 20.1 Å². The average molecular weight is 725 g/mol. The van der Waals surface area contributed by atoms with Crippen molar-refractivity contribution in [3.63, 3.8) is 0 Å². The molecule has 2 aliphatic heterocycles. The summed E-state index contributed by atoms with van der Waals surface area (Å²) >= 11 is 0. The highest BCUT2D eigenvalue weighted by atomic mass is 31.2. The van der Waals surface area contributed by atoms with E-state index >= 15 is 0 Å². The smallest absolute Gasteiger partial charge is 0.372 e. The van der Waals surface area contributed by atoms with E-state index in [-0.39, 0.29) is 35.5 Å². The summed E-state index contributed by atoms with van der Waals surface area (Å²) in [5.41, 5.74) is -3.28. The van der Waals surface area contributed by atoms with Gasteiger partial charge < -0.3 is 30.0 Å². The molecule has 0 spiro atoms. The molecular formula is C35H39F2N6O7P. The molecule has 3 heterocycles. The summed E-state index contributed by atoms with van der Waals surface area (Å²) in [4.78, 5) is 65.4. The van der Waals surface area contributed by atoms with Gasteiger partial charge in [-0.25, -0.2) is 0 Å². The van der Waals surface area contributed by atoms with Crippen LogP contribution in [0.25, 0.3) is 21.7 Å². The number of rotatable bonds is 8. The van der Waals surface area contributed by atoms with E-state index in [2.05, 4.69) is 15.5 Å². The van der Waals surface area contributed by atoms with E-state index < -0.39 is 48.9 Å². The van der Waals surface area contributed by atoms with Crippen LogP contribution in [-0.4, -0.2) is 102 Å². The highest BCUT2D eigenvalue weighted by Gasteiger charge is 2.51. The topological polar surface area (TPSA) is 179 Å². The van der Waals surface area contributed by atoms with Gasteiger partial charge in [0.25, 0.3) is 5.91 Å². The predicted octanol–water partition coefficient (Wildman–Crippen LogP) is 3.73. The lowest BCUT2D eigenvalue weighted by molar-refractivity contribution is -0.148. The molecule has 1 saturated carbocycles. The largest absolute Gasteiger partial charge is 0.399 e. The third-order valence-corrected chi connectivity index (χ3v) is 11.4. The van der Waals surface area contributed by atoms with Gasteiger partial charge in [-0.05, 0) is 80.1 Å². The molecule has 13 nitrogen and oxygen atoms in total. The first-order chi connectivity index (χ1) is 24.1. The molecule has 3 aliphatic rings. The van der Waals surface area contributed by atoms with E-state index in [9.17, 15) is 42.6 Å². The molecule has 1 aromatic heterocycles. The van der Waals surface area contributed by atoms with E-state index in [1.54, 1.807) is 21.7 Å². The average Bonchev–Trinajstić information content (AvgIpc) is 3.73. The van der Waals surface area contributed by atoms with Crippen LogP contribution in [0.2, 0.25) is 0 Å². The van der Waals surface area contributed by atoms with Crippen LogP contribution in [0.4, 0.5) is 8.78 Å². The Balaban J connectivity index is 1.21. The lowest BCUT2D eigenvalue weighted by atomic mass is 10.0. The molecule has 3 fully saturated rings. The van der Waals surface area contributed by atoms with Crippen LogP contribution < -0.4 is 5.32 Å². The molecule has 16 heteroatoms. The number of aryl methyl sites for hydroxylation is 1. The fourth-order valence-corrected chi connectivity index (χ4v) is 7.83. The van der Waals surface area contributed by atoms with Gasteiger partial charge in [0.05, 0.1) is 11.2 Å². The number of likely N-dealkylation sites (N-methyl/N-ethyl adjacent to an activating group) is 1. The summed E-state index contributed by atoms with van der Waals surface area (Å²) in [6.45, 7) is 2.14. The number of alkyl halides is 2. The second kappa shape index (κ2) is 13.1. The molecule has 2 saturated heterocycles. The van der Waals surface area contributed by atoms with Crippen LogP contribution in [0.5, 0.6) is 0 Å². The number of carbonyl (C=O) groups is 3. The molecular weight excluding hydrogens is 685 g/mol. The number of nitrogens with zero attached hydrogens (tertiary/aromatic N) is 4. The third-order valence-electron chi connectivity index (χ3n) is 10.4. The van der Waals surface area contributed by atoms with Gasteiger partial charge in [-0.3, -0.25) is 28.9 Å². The van der Waals surface area contributed by atoms with Gasteiger partial charge in [0.2, 0.25) is 11.8 Å². The minimum absolute atomic E-state index is 0.00945. The highest BCUT2D eigenvalue weighted by Crippen LogP contribution is 2.59. The number of halogens is 2. The maximum atomic E-state index is 14.5. The van der Waals surface area contributed by atoms with Gasteiger partial charge in [-0.15, -0.1) is 0 Å². The fourth-order valence-electron chi connectivity index (χ4n) is 7.36. The summed E-state index contributed by atoms with van der Waals surface area (Å²) in [7, 11) is -4.08. The molecule has 270 valence electrons. The van der Waals surface area contributed by atoms with Gasteiger partial charge in [0.15, 0.2) is 6.23 Å². The summed E-state index contributed by atoms with van der Waals surface area (Å²) < 4.78 is 40.6. The van der Waals surface area contributed by atoms with Crippen LogP contribution in [-0.2, 0) is 19.8 Å². The predicted molar refractivity (Wildman–Crippen MR) is 183 cm³/mol. The van der Waals surface area contributed by atoms with Gasteiger partial charge in [0, 0.05) is 48.7 Å². The molecule has 3 aromatic carbocycles. The molecule has 7 rings (SSSR count). The Labute approximate surface area is 291 Å². The number of hydrogen-bond donors (Lipinski definition) is 5. The molecule has 2 unspecified atom stereocenters. The maximum absolute atomic E-state index is 14.5. The summed E-state index contributed by atoms with van der Waals surface area (Å²) in [6.07, 6.45) is 2.12. The van der Waals surface area contributed by atoms with E-state index in [1.807, 2.05) is 25.1 Å². The monoisotopic (exact) mass is 724 g/mol. The van der Waals surface area contributed by atoms with E-state index in [1.165, 1.54) is 24.3 Å². The van der Waals surface area contributed by atoms with Crippen molar-refractivity contribution in [3.05, 3.63) is 77.0 Å². The third kappa shape index (κ3) is 6.53. The number of aliphatic hydroxyl groups excluding tert-OH is 1. The molecule has 0 radical (unpaired) electrons. The molecule has 0 bridgehead atoms. The van der Waals surface area contributed by atoms with Gasteiger partial charge in [-0.2, -0.15) is 13.9 Å². The second-order valence-electron chi connectivity index (χ2n) is 13.9. The molecule has 3 amide bonds. The van der Waals surface area contributed by atoms with Crippen molar-refractivity contribution in [2.45, 2.75) is 75.1 Å². The number of fused-ring (bicyclic) bond motifs is 3. The fraction of sp³-hybridized carbons (Fsp3) is 0.429. The number of benzene rings is 3. The number of H-pyrrole nitrogens is 1. The number of aromatic nitrogens is 2. The standard InChI is InChI=1S/C35H39F2N6O7P/c1-19-3-11-27-26(15-19)30(40-39-27)34(47)42-14-13-25-10-12-29(33(46)41(2)24-8-9-24)43(25)32(45)28(18-42)38-31(44)21-5-4-20-6-7-23(17-22(20)16-21)35(36,37)51(48,49)50/h3-7,11,15-17,24-25,28-29,34,47H,8-10,12-14,18H2,1-2H3,(H,38,44)(H,39,40)(H2,48,49,50)/t25-,28?,29+,34?/m1/s1. The first-order valence-corrected chi connectivity index (χ1v) is 18.5. The quantitative estimate of drug-likeness (QED) is 0.169. The number of hydrogen-bond acceptors (Lipinski definition) is 7. The Kier molecular flexibility index (Phi) is 8.99. The Hall–Kier alpha value is -4.27. The minimum Gasteiger partial charge on any atom is -0.372 e. The van der Waals surface area contributed by atoms with Crippen LogP contribution in [0.3, 0.4) is 0 Å². The van der Waals surface area contributed by atoms with Crippen LogP contribution in [0.1, 0.15) is 65.5 Å². The van der Waals surface area contributed by atoms with Crippen molar-refractivity contribution in [1.82, 2.24) is 30.2 Å². The lowest BCUT2D eigenvalue weighted by Crippen LogP contribution is -2.61. The Morgan fingerprint density at radius 1 is 1.04 bits per heavy atom. The SMILES string of the molecule is Cc1ccc2n[nH]c(C(O)N3CC[C@H]4CC[C@@H](C(=O)N(C)C5CC5)N4C(=O)C(NC(=O)c4ccc5ccc(C(F)(F)P(=O)(O)O)cc5c4)C3)c2c1. The van der Waals surface area contributed by atoms with E-state index in [4.69, 9.17) is 0 Å². The first-order valence-electron chi connectivity index (χ1n) is 16.9. The Bertz CT molecular complexity index is 2080. The number of amides is 3. The van der Waals surface area contributed by atoms with Gasteiger partial charge >= 0.3 is 13.3 Å². The van der Waals surface area contributed by atoms with Crippen molar-refractivity contribution in [3.8, 4) is 0 Å². The van der Waals surface area contributed by atoms with Crippen LogP contribution in [0.15, 0.2) is 54.6 Å². The molecule has 5 N–H and O–H groups in total. The normalized spacial score (nSPS) is 22.5. The molecule has 51 heavy (non-hydrogen) atoms. The number of aromatic amines is 1. The summed E-state index contributed by atoms with van der Waals surface area (Å²) in [5, 5.41) is 23.1. The Morgan fingerprint density at radius 2 is 1.78 bits per heavy atom. The van der Waals surface area contributed by atoms with Crippen molar-refractivity contribution in [1.29, 1.82) is 0 Å². The van der Waals surface area contributed by atoms with Gasteiger partial charge in [0.1, 0.15) is 12.1 Å². The van der Waals surface area contributed by atoms with Crippen LogP contribution in [0, 0.1) is 6.92 Å². The number of carbonyl (C=O) groups excluding carboxylic acids is 3. The molecule has 4 atom stereocenters. The molecule has 1 aliphatic carbocycles. The molecule has 4 aromatic rings. The highest BCUT2D eigenvalue weighted by molar-refractivity contribution is 7.52. The minimum atomic E-state index is -5.83. The van der Waals surface area contributed by atoms with Crippen molar-refractivity contribution >= 4 is 47.0 Å². The van der Waals surface area contributed by atoms with E-state index in [0.29, 0.717) is 47.8 Å². The lowest BCUT2D eigenvalue weighted by Gasteiger charge is -2.40. The van der Waals surface area contributed by atoms with Gasteiger partial charge in [-0.1, -0.05) is 29.8 Å². The zero-order valence-corrected chi connectivity index (χ0v) is 28.9. The zero-order valence-electron chi connectivity index (χ0n) is 28.0. The first kappa shape index (κ1) is 35.1. The Morgan fingerprint density at radius 3 is 2.51 bits per heavy atom. The number of nitrogens with one attached hydrogen (secondary N) is 2. The second-order valence-corrected chi connectivity index (χ2v) is 15.5. The summed E-state index contributed by atoms with van der Waals surface area (Å²) in [5.74, 6) is -1.33. The summed E-state index contributed by atoms with van der Waals surface area (Å²) in [6, 6.07) is 10.9. The van der Waals surface area contributed by atoms with Crippen LogP contribution >= 0.6 is 7.60 Å². The van der Waals surface area contributed by atoms with Crippen molar-refractivity contribution in [2.24, 2.45) is 0 Å². The number of aliphatic hydroxyl groups is 1. The zero-order chi connectivity index (χ0) is 36.4.